The fraction of sp³-hybridized carbons (Fsp3) is 1.00. The Bertz CT molecular complexity index is 119. The molecule has 0 bridgehead atoms. The molecular weight excluding hydrogens is 191 g/mol. The van der Waals surface area contributed by atoms with Gasteiger partial charge in [0.2, 0.25) is 0 Å². The van der Waals surface area contributed by atoms with Gasteiger partial charge in [-0.05, 0) is 39.5 Å². The summed E-state index contributed by atoms with van der Waals surface area (Å²) in [4.78, 5) is 5.16. The highest BCUT2D eigenvalue weighted by Crippen LogP contribution is 2.36. The molecule has 0 aromatic rings. The van der Waals surface area contributed by atoms with Crippen LogP contribution in [0, 0.1) is 0 Å². The van der Waals surface area contributed by atoms with Gasteiger partial charge in [0, 0.05) is 0 Å². The van der Waals surface area contributed by atoms with Gasteiger partial charge in [-0.1, -0.05) is 35.6 Å². The molecule has 0 fully saturated rings. The highest BCUT2D eigenvalue weighted by molar-refractivity contribution is 7.56. The number of rotatable bonds is 7. The molecule has 0 saturated carbocycles. The van der Waals surface area contributed by atoms with Crippen molar-refractivity contribution in [1.29, 1.82) is 0 Å². The number of nitrogens with zero attached hydrogens (tertiary/aromatic N) is 2. The van der Waals surface area contributed by atoms with E-state index < -0.39 is 0 Å². The van der Waals surface area contributed by atoms with E-state index in [1.54, 1.807) is 0 Å². The Morgan fingerprint density at radius 1 is 0.786 bits per heavy atom. The third-order valence-corrected chi connectivity index (χ3v) is 4.32. The lowest BCUT2D eigenvalue weighted by atomic mass is 10.5. The van der Waals surface area contributed by atoms with Gasteiger partial charge in [0.1, 0.15) is 0 Å². The van der Waals surface area contributed by atoms with Gasteiger partial charge in [0.25, 0.3) is 0 Å². The molecule has 0 unspecified atom stereocenters. The quantitative estimate of drug-likeness (QED) is 0.479. The Hall–Kier alpha value is 0.350. The predicted molar refractivity (Wildman–Crippen MR) is 68.4 cm³/mol. The standard InChI is InChI=1S/C11H27N2P/c1-7-12(8-2)11(14(5)6)13(9-3)10-4/h11H,7-10H2,1-6H3. The van der Waals surface area contributed by atoms with Crippen molar-refractivity contribution in [2.75, 3.05) is 39.5 Å². The van der Waals surface area contributed by atoms with Gasteiger partial charge in [0.05, 0.1) is 5.91 Å². The second kappa shape index (κ2) is 7.62. The lowest BCUT2D eigenvalue weighted by molar-refractivity contribution is 0.120. The third-order valence-electron chi connectivity index (χ3n) is 2.74. The second-order valence-electron chi connectivity index (χ2n) is 3.75. The summed E-state index contributed by atoms with van der Waals surface area (Å²) in [5.41, 5.74) is 0. The van der Waals surface area contributed by atoms with E-state index in [1.165, 1.54) is 0 Å². The number of hydrogen-bond acceptors (Lipinski definition) is 2. The monoisotopic (exact) mass is 218 g/mol. The summed E-state index contributed by atoms with van der Waals surface area (Å²) in [6.07, 6.45) is 0. The fourth-order valence-corrected chi connectivity index (χ4v) is 3.94. The Morgan fingerprint density at radius 3 is 1.21 bits per heavy atom. The molecule has 0 heterocycles. The van der Waals surface area contributed by atoms with Gasteiger partial charge in [-0.3, -0.25) is 9.80 Å². The summed E-state index contributed by atoms with van der Waals surface area (Å²) < 4.78 is 0. The topological polar surface area (TPSA) is 6.48 Å². The summed E-state index contributed by atoms with van der Waals surface area (Å²) in [5, 5.41) is 0. The van der Waals surface area contributed by atoms with E-state index in [0.29, 0.717) is 5.91 Å². The molecule has 0 atom stereocenters. The Balaban J connectivity index is 4.54. The molecule has 2 nitrogen and oxygen atoms in total. The van der Waals surface area contributed by atoms with Crippen LogP contribution >= 0.6 is 7.92 Å². The van der Waals surface area contributed by atoms with Gasteiger partial charge < -0.3 is 0 Å². The molecule has 0 spiro atoms. The predicted octanol–water partition coefficient (Wildman–Crippen LogP) is 2.70. The van der Waals surface area contributed by atoms with Crippen LogP contribution in [-0.2, 0) is 0 Å². The molecule has 0 aromatic heterocycles. The first-order valence-corrected chi connectivity index (χ1v) is 8.07. The first-order chi connectivity index (χ1) is 6.62. The Morgan fingerprint density at radius 2 is 1.07 bits per heavy atom. The average molecular weight is 218 g/mol. The highest BCUT2D eigenvalue weighted by atomic mass is 31.1. The van der Waals surface area contributed by atoms with Gasteiger partial charge in [-0.25, -0.2) is 0 Å². The van der Waals surface area contributed by atoms with E-state index in [4.69, 9.17) is 0 Å². The zero-order chi connectivity index (χ0) is 11.1. The van der Waals surface area contributed by atoms with Crippen molar-refractivity contribution in [3.05, 3.63) is 0 Å². The van der Waals surface area contributed by atoms with Crippen LogP contribution in [-0.4, -0.2) is 55.2 Å². The highest BCUT2D eigenvalue weighted by Gasteiger charge is 2.23. The maximum absolute atomic E-state index is 2.58. The average Bonchev–Trinajstić information content (AvgIpc) is 2.18. The fourth-order valence-electron chi connectivity index (χ4n) is 1.98. The Labute approximate surface area is 91.4 Å². The number of hydrogen-bond donors (Lipinski definition) is 0. The molecule has 0 aliphatic rings. The summed E-state index contributed by atoms with van der Waals surface area (Å²) >= 11 is 0. The zero-order valence-electron chi connectivity index (χ0n) is 10.7. The van der Waals surface area contributed by atoms with E-state index in [1.807, 2.05) is 0 Å². The molecule has 0 aliphatic carbocycles. The smallest absolute Gasteiger partial charge is 0.0817 e. The van der Waals surface area contributed by atoms with Gasteiger partial charge >= 0.3 is 0 Å². The van der Waals surface area contributed by atoms with E-state index in [2.05, 4.69) is 50.8 Å². The normalized spacial score (nSPS) is 12.4. The lowest BCUT2D eigenvalue weighted by Gasteiger charge is -2.40. The van der Waals surface area contributed by atoms with Crippen molar-refractivity contribution in [3.8, 4) is 0 Å². The van der Waals surface area contributed by atoms with Crippen LogP contribution in [0.5, 0.6) is 0 Å². The molecule has 0 aromatic carbocycles. The summed E-state index contributed by atoms with van der Waals surface area (Å²) in [7, 11) is 0.0859. The van der Waals surface area contributed by atoms with Gasteiger partial charge in [-0.2, -0.15) is 0 Å². The van der Waals surface area contributed by atoms with Gasteiger partial charge in [0.15, 0.2) is 0 Å². The molecule has 0 N–H and O–H groups in total. The summed E-state index contributed by atoms with van der Waals surface area (Å²) in [6, 6.07) is 0. The van der Waals surface area contributed by atoms with Crippen LogP contribution in [0.25, 0.3) is 0 Å². The second-order valence-corrected chi connectivity index (χ2v) is 6.14. The van der Waals surface area contributed by atoms with Crippen LogP contribution in [0.15, 0.2) is 0 Å². The van der Waals surface area contributed by atoms with Crippen LogP contribution in [0.2, 0.25) is 0 Å². The molecule has 14 heavy (non-hydrogen) atoms. The van der Waals surface area contributed by atoms with Crippen molar-refractivity contribution >= 4 is 7.92 Å². The van der Waals surface area contributed by atoms with Crippen LogP contribution < -0.4 is 0 Å². The van der Waals surface area contributed by atoms with E-state index >= 15 is 0 Å². The van der Waals surface area contributed by atoms with Gasteiger partial charge in [-0.15, -0.1) is 0 Å². The third kappa shape index (κ3) is 3.84. The molecule has 0 amide bonds. The van der Waals surface area contributed by atoms with Crippen molar-refractivity contribution in [1.82, 2.24) is 9.80 Å². The largest absolute Gasteiger partial charge is 0.285 e. The van der Waals surface area contributed by atoms with Crippen LogP contribution in [0.4, 0.5) is 0 Å². The summed E-state index contributed by atoms with van der Waals surface area (Å²) in [6.45, 7) is 18.5. The minimum atomic E-state index is 0.0859. The van der Waals surface area contributed by atoms with Crippen molar-refractivity contribution in [2.24, 2.45) is 0 Å². The van der Waals surface area contributed by atoms with Crippen LogP contribution in [0.3, 0.4) is 0 Å². The first kappa shape index (κ1) is 14.3. The minimum Gasteiger partial charge on any atom is -0.285 e. The van der Waals surface area contributed by atoms with Crippen LogP contribution in [0.1, 0.15) is 27.7 Å². The zero-order valence-corrected chi connectivity index (χ0v) is 11.6. The lowest BCUT2D eigenvalue weighted by Crippen LogP contribution is -2.46. The molecule has 3 heteroatoms. The van der Waals surface area contributed by atoms with E-state index in [9.17, 15) is 0 Å². The SMILES string of the molecule is CCN(CC)C(N(CC)CC)P(C)C. The van der Waals surface area contributed by atoms with Crippen molar-refractivity contribution < 1.29 is 0 Å². The summed E-state index contributed by atoms with van der Waals surface area (Å²) in [5.74, 6) is 0.676. The Kier molecular flexibility index (Phi) is 7.81. The molecule has 0 saturated heterocycles. The molecule has 0 radical (unpaired) electrons. The van der Waals surface area contributed by atoms with E-state index in [0.717, 1.165) is 26.2 Å². The first-order valence-electron chi connectivity index (χ1n) is 5.76. The maximum Gasteiger partial charge on any atom is 0.0817 e. The molecule has 0 aliphatic heterocycles. The molecule has 86 valence electrons. The van der Waals surface area contributed by atoms with E-state index in [-0.39, 0.29) is 7.92 Å². The molecular formula is C11H27N2P. The minimum absolute atomic E-state index is 0.0859. The maximum atomic E-state index is 2.58. The molecule has 0 rings (SSSR count). The van der Waals surface area contributed by atoms with Crippen molar-refractivity contribution in [3.63, 3.8) is 0 Å². The van der Waals surface area contributed by atoms with Crippen molar-refractivity contribution in [2.45, 2.75) is 33.6 Å².